The fourth-order valence-corrected chi connectivity index (χ4v) is 1.93. The minimum absolute atomic E-state index is 0.0208. The monoisotopic (exact) mass is 269 g/mol. The lowest BCUT2D eigenvalue weighted by Crippen LogP contribution is -2.10. The number of allylic oxidation sites excluding steroid dienone is 1. The van der Waals surface area contributed by atoms with E-state index in [4.69, 9.17) is 10.5 Å². The molecule has 82 valence electrons. The van der Waals surface area contributed by atoms with E-state index in [1.165, 1.54) is 0 Å². The number of rotatable bonds is 5. The molecule has 1 rings (SSSR count). The average molecular weight is 270 g/mol. The summed E-state index contributed by atoms with van der Waals surface area (Å²) >= 11 is 3.49. The lowest BCUT2D eigenvalue weighted by atomic mass is 10.0. The first-order valence-electron chi connectivity index (χ1n) is 4.89. The molecule has 0 heterocycles. The predicted octanol–water partition coefficient (Wildman–Crippen LogP) is 3.42. The second kappa shape index (κ2) is 5.93. The molecule has 1 aromatic rings. The number of hydrogen-bond donors (Lipinski definition) is 1. The summed E-state index contributed by atoms with van der Waals surface area (Å²) in [7, 11) is 1.66. The maximum absolute atomic E-state index is 6.07. The predicted molar refractivity (Wildman–Crippen MR) is 67.1 cm³/mol. The van der Waals surface area contributed by atoms with Crippen LogP contribution >= 0.6 is 15.9 Å². The molecule has 0 spiro atoms. The van der Waals surface area contributed by atoms with Gasteiger partial charge >= 0.3 is 0 Å². The van der Waals surface area contributed by atoms with Gasteiger partial charge in [-0.3, -0.25) is 0 Å². The molecule has 1 aromatic carbocycles. The quantitative estimate of drug-likeness (QED) is 0.832. The van der Waals surface area contributed by atoms with Crippen LogP contribution < -0.4 is 10.5 Å². The second-order valence-corrected chi connectivity index (χ2v) is 4.21. The summed E-state index contributed by atoms with van der Waals surface area (Å²) in [6, 6.07) is 5.86. The first kappa shape index (κ1) is 12.3. The second-order valence-electron chi connectivity index (χ2n) is 3.36. The smallest absolute Gasteiger partial charge is 0.119 e. The lowest BCUT2D eigenvalue weighted by Gasteiger charge is -2.14. The van der Waals surface area contributed by atoms with Gasteiger partial charge in [0.25, 0.3) is 0 Å². The zero-order valence-electron chi connectivity index (χ0n) is 8.87. The number of ether oxygens (including phenoxy) is 1. The summed E-state index contributed by atoms with van der Waals surface area (Å²) in [6.07, 6.45) is 3.70. The summed E-state index contributed by atoms with van der Waals surface area (Å²) in [5.41, 5.74) is 7.15. The maximum Gasteiger partial charge on any atom is 0.119 e. The molecule has 2 N–H and O–H groups in total. The van der Waals surface area contributed by atoms with Crippen molar-refractivity contribution in [2.24, 2.45) is 5.73 Å². The van der Waals surface area contributed by atoms with E-state index >= 15 is 0 Å². The van der Waals surface area contributed by atoms with E-state index in [1.54, 1.807) is 7.11 Å². The largest absolute Gasteiger partial charge is 0.497 e. The van der Waals surface area contributed by atoms with Crippen molar-refractivity contribution in [1.82, 2.24) is 0 Å². The van der Waals surface area contributed by atoms with Crippen molar-refractivity contribution in [2.45, 2.75) is 18.9 Å². The van der Waals surface area contributed by atoms with E-state index in [0.29, 0.717) is 0 Å². The van der Waals surface area contributed by atoms with Gasteiger partial charge in [0.15, 0.2) is 0 Å². The van der Waals surface area contributed by atoms with Gasteiger partial charge in [-0.05, 0) is 36.6 Å². The summed E-state index contributed by atoms with van der Waals surface area (Å²) in [5.74, 6) is 0.835. The molecule has 1 unspecified atom stereocenters. The molecule has 0 aliphatic rings. The van der Waals surface area contributed by atoms with E-state index < -0.39 is 0 Å². The van der Waals surface area contributed by atoms with Crippen molar-refractivity contribution < 1.29 is 4.74 Å². The highest BCUT2D eigenvalue weighted by molar-refractivity contribution is 9.10. The van der Waals surface area contributed by atoms with Crippen molar-refractivity contribution in [3.8, 4) is 5.75 Å². The summed E-state index contributed by atoms with van der Waals surface area (Å²) in [6.45, 7) is 3.69. The Morgan fingerprint density at radius 2 is 2.33 bits per heavy atom. The standard InChI is InChI=1S/C12H16BrNO/c1-3-4-5-12(14)10-8-9(15-2)6-7-11(10)13/h3,6-8,12H,1,4-5,14H2,2H3. The highest BCUT2D eigenvalue weighted by Crippen LogP contribution is 2.28. The van der Waals surface area contributed by atoms with Gasteiger partial charge in [0, 0.05) is 10.5 Å². The van der Waals surface area contributed by atoms with Gasteiger partial charge < -0.3 is 10.5 Å². The Bertz CT molecular complexity index is 338. The molecule has 15 heavy (non-hydrogen) atoms. The summed E-state index contributed by atoms with van der Waals surface area (Å²) < 4.78 is 6.20. The van der Waals surface area contributed by atoms with Gasteiger partial charge in [0.1, 0.15) is 5.75 Å². The van der Waals surface area contributed by atoms with Crippen LogP contribution in [0.15, 0.2) is 35.3 Å². The van der Waals surface area contributed by atoms with Gasteiger partial charge in [0.05, 0.1) is 7.11 Å². The van der Waals surface area contributed by atoms with Crippen LogP contribution in [-0.2, 0) is 0 Å². The third-order valence-corrected chi connectivity index (χ3v) is 3.01. The van der Waals surface area contributed by atoms with Gasteiger partial charge in [-0.25, -0.2) is 0 Å². The van der Waals surface area contributed by atoms with Crippen LogP contribution in [0.5, 0.6) is 5.75 Å². The Morgan fingerprint density at radius 1 is 1.60 bits per heavy atom. The molecule has 0 bridgehead atoms. The first-order chi connectivity index (χ1) is 7.19. The van der Waals surface area contributed by atoms with Crippen LogP contribution in [0, 0.1) is 0 Å². The number of nitrogens with two attached hydrogens (primary N) is 1. The molecule has 2 nitrogen and oxygen atoms in total. The summed E-state index contributed by atoms with van der Waals surface area (Å²) in [5, 5.41) is 0. The highest BCUT2D eigenvalue weighted by Gasteiger charge is 2.10. The minimum atomic E-state index is 0.0208. The van der Waals surface area contributed by atoms with Crippen molar-refractivity contribution in [2.75, 3.05) is 7.11 Å². The fraction of sp³-hybridized carbons (Fsp3) is 0.333. The topological polar surface area (TPSA) is 35.2 Å². The van der Waals surface area contributed by atoms with E-state index in [-0.39, 0.29) is 6.04 Å². The third-order valence-electron chi connectivity index (χ3n) is 2.28. The average Bonchev–Trinajstić information content (AvgIpc) is 2.26. The minimum Gasteiger partial charge on any atom is -0.497 e. The van der Waals surface area contributed by atoms with Crippen LogP contribution in [0.3, 0.4) is 0 Å². The van der Waals surface area contributed by atoms with E-state index in [0.717, 1.165) is 28.6 Å². The molecule has 1 atom stereocenters. The molecule has 0 amide bonds. The van der Waals surface area contributed by atoms with Crippen LogP contribution in [0.1, 0.15) is 24.4 Å². The molecule has 0 aliphatic carbocycles. The molecule has 0 aliphatic heterocycles. The lowest BCUT2D eigenvalue weighted by molar-refractivity contribution is 0.413. The molecule has 3 heteroatoms. The van der Waals surface area contributed by atoms with Gasteiger partial charge in [-0.2, -0.15) is 0 Å². The number of hydrogen-bond acceptors (Lipinski definition) is 2. The number of benzene rings is 1. The highest BCUT2D eigenvalue weighted by atomic mass is 79.9. The molecular formula is C12H16BrNO. The van der Waals surface area contributed by atoms with Crippen molar-refractivity contribution in [3.05, 3.63) is 40.9 Å². The fourth-order valence-electron chi connectivity index (χ4n) is 1.39. The normalized spacial score (nSPS) is 12.2. The van der Waals surface area contributed by atoms with E-state index in [9.17, 15) is 0 Å². The van der Waals surface area contributed by atoms with Gasteiger partial charge in [-0.1, -0.05) is 22.0 Å². The SMILES string of the molecule is C=CCCC(N)c1cc(OC)ccc1Br. The van der Waals surface area contributed by atoms with Crippen LogP contribution in [0.4, 0.5) is 0 Å². The van der Waals surface area contributed by atoms with E-state index in [2.05, 4.69) is 22.5 Å². The van der Waals surface area contributed by atoms with E-state index in [1.807, 2.05) is 24.3 Å². The Labute approximate surface area is 99.3 Å². The van der Waals surface area contributed by atoms with Crippen LogP contribution in [0.25, 0.3) is 0 Å². The third kappa shape index (κ3) is 3.36. The van der Waals surface area contributed by atoms with Crippen LogP contribution in [-0.4, -0.2) is 7.11 Å². The molecule has 0 fully saturated rings. The molecule has 0 radical (unpaired) electrons. The number of halogens is 1. The summed E-state index contributed by atoms with van der Waals surface area (Å²) in [4.78, 5) is 0. The first-order valence-corrected chi connectivity index (χ1v) is 5.68. The molecule has 0 saturated heterocycles. The molecular weight excluding hydrogens is 254 g/mol. The van der Waals surface area contributed by atoms with Crippen LogP contribution in [0.2, 0.25) is 0 Å². The van der Waals surface area contributed by atoms with Gasteiger partial charge in [-0.15, -0.1) is 6.58 Å². The van der Waals surface area contributed by atoms with Crippen molar-refractivity contribution in [3.63, 3.8) is 0 Å². The Balaban J connectivity index is 2.85. The zero-order valence-corrected chi connectivity index (χ0v) is 10.5. The Morgan fingerprint density at radius 3 is 2.93 bits per heavy atom. The Hall–Kier alpha value is -0.800. The Kier molecular flexibility index (Phi) is 4.85. The van der Waals surface area contributed by atoms with Gasteiger partial charge in [0.2, 0.25) is 0 Å². The van der Waals surface area contributed by atoms with Crippen molar-refractivity contribution >= 4 is 15.9 Å². The zero-order chi connectivity index (χ0) is 11.3. The van der Waals surface area contributed by atoms with Crippen molar-refractivity contribution in [1.29, 1.82) is 0 Å². The molecule has 0 aromatic heterocycles. The number of methoxy groups -OCH3 is 1. The molecule has 0 saturated carbocycles. The maximum atomic E-state index is 6.07.